The number of nitro groups is 1. The van der Waals surface area contributed by atoms with Crippen LogP contribution in [0.4, 0.5) is 10.8 Å². The number of ether oxygens (including phenoxy) is 1. The summed E-state index contributed by atoms with van der Waals surface area (Å²) in [6.45, 7) is 0. The molecule has 0 amide bonds. The van der Waals surface area contributed by atoms with E-state index in [1.54, 1.807) is 37.4 Å². The third kappa shape index (κ3) is 4.46. The molecule has 0 aliphatic carbocycles. The number of hydrazone groups is 1. The Balaban J connectivity index is 1.66. The summed E-state index contributed by atoms with van der Waals surface area (Å²) in [4.78, 5) is 10.8. The Labute approximate surface area is 164 Å². The van der Waals surface area contributed by atoms with E-state index in [0.29, 0.717) is 22.1 Å². The van der Waals surface area contributed by atoms with Gasteiger partial charge in [0.25, 0.3) is 0 Å². The minimum atomic E-state index is -0.553. The second-order valence-corrected chi connectivity index (χ2v) is 6.58. The molecule has 140 valence electrons. The average molecular weight is 394 g/mol. The van der Waals surface area contributed by atoms with Gasteiger partial charge in [-0.25, -0.2) is 0 Å². The van der Waals surface area contributed by atoms with Crippen molar-refractivity contribution in [2.24, 2.45) is 5.10 Å². The number of hydrogen-bond acceptors (Lipinski definition) is 9. The molecule has 0 saturated heterocycles. The van der Waals surface area contributed by atoms with Crippen molar-refractivity contribution in [2.75, 3.05) is 12.5 Å². The van der Waals surface area contributed by atoms with Gasteiger partial charge in [-0.15, -0.1) is 5.10 Å². The van der Waals surface area contributed by atoms with E-state index in [0.717, 1.165) is 16.9 Å². The van der Waals surface area contributed by atoms with Crippen molar-refractivity contribution in [1.29, 1.82) is 5.26 Å². The van der Waals surface area contributed by atoms with Crippen LogP contribution in [0.2, 0.25) is 0 Å². The number of benzene rings is 1. The van der Waals surface area contributed by atoms with E-state index in [9.17, 15) is 15.4 Å². The maximum atomic E-state index is 10.7. The molecule has 1 unspecified atom stereocenters. The van der Waals surface area contributed by atoms with Gasteiger partial charge in [0.15, 0.2) is 5.82 Å². The van der Waals surface area contributed by atoms with Gasteiger partial charge in [0.2, 0.25) is 0 Å². The molecule has 2 aromatic heterocycles. The second kappa shape index (κ2) is 8.70. The lowest BCUT2D eigenvalue weighted by atomic mass is 9.97. The molecule has 0 radical (unpaired) electrons. The lowest BCUT2D eigenvalue weighted by molar-refractivity contribution is -0.380. The van der Waals surface area contributed by atoms with Gasteiger partial charge in [0, 0.05) is 6.07 Å². The van der Waals surface area contributed by atoms with Crippen LogP contribution in [0.25, 0.3) is 0 Å². The number of nitriles is 1. The van der Waals surface area contributed by atoms with Crippen LogP contribution in [0.1, 0.15) is 22.1 Å². The van der Waals surface area contributed by atoms with E-state index in [1.807, 2.05) is 12.1 Å². The van der Waals surface area contributed by atoms with Crippen molar-refractivity contribution in [1.82, 2.24) is 10.2 Å². The van der Waals surface area contributed by atoms with Crippen molar-refractivity contribution in [3.8, 4) is 11.8 Å². The van der Waals surface area contributed by atoms with Crippen LogP contribution in [-0.4, -0.2) is 28.4 Å². The zero-order valence-electron chi connectivity index (χ0n) is 14.6. The quantitative estimate of drug-likeness (QED) is 0.369. The summed E-state index contributed by atoms with van der Waals surface area (Å²) in [5, 5.41) is 32.3. The van der Waals surface area contributed by atoms with Crippen LogP contribution in [0, 0.1) is 21.4 Å². The highest BCUT2D eigenvalue weighted by atomic mass is 32.1. The maximum absolute atomic E-state index is 10.7. The normalized spacial score (nSPS) is 11.7. The zero-order valence-corrected chi connectivity index (χ0v) is 15.5. The summed E-state index contributed by atoms with van der Waals surface area (Å²) < 4.78 is 5.12. The molecule has 2 heterocycles. The number of nitrogens with zero attached hydrogens (tertiary/aromatic N) is 5. The Hall–Kier alpha value is -3.84. The predicted octanol–water partition coefficient (Wildman–Crippen LogP) is 3.56. The maximum Gasteiger partial charge on any atom is 0.324 e. The standard InChI is InChI=1S/C18H14N6O3S/c1-27-13-4-2-12(3-5-13)15(10-19)16-7-8-17(23-21-16)22-20-11-14-6-9-18(28-14)24(25)26/h2-9,11,15H,1H3,(H,22,23)/b20-11+. The number of nitrogens with one attached hydrogen (secondary N) is 1. The first-order valence-electron chi connectivity index (χ1n) is 8.01. The third-order valence-corrected chi connectivity index (χ3v) is 4.69. The Morgan fingerprint density at radius 1 is 1.25 bits per heavy atom. The molecule has 0 fully saturated rings. The van der Waals surface area contributed by atoms with Crippen LogP contribution < -0.4 is 10.2 Å². The molecule has 0 bridgehead atoms. The first-order valence-corrected chi connectivity index (χ1v) is 8.83. The minimum Gasteiger partial charge on any atom is -0.497 e. The van der Waals surface area contributed by atoms with Gasteiger partial charge >= 0.3 is 5.00 Å². The molecule has 10 heteroatoms. The number of rotatable bonds is 7. The highest BCUT2D eigenvalue weighted by Gasteiger charge is 2.15. The van der Waals surface area contributed by atoms with E-state index in [-0.39, 0.29) is 5.00 Å². The fourth-order valence-corrected chi connectivity index (χ4v) is 3.03. The number of anilines is 1. The average Bonchev–Trinajstić information content (AvgIpc) is 3.19. The summed E-state index contributed by atoms with van der Waals surface area (Å²) in [5.41, 5.74) is 4.00. The van der Waals surface area contributed by atoms with Crippen LogP contribution in [-0.2, 0) is 0 Å². The molecule has 3 aromatic rings. The van der Waals surface area contributed by atoms with Gasteiger partial charge in [-0.3, -0.25) is 15.5 Å². The molecule has 1 N–H and O–H groups in total. The summed E-state index contributed by atoms with van der Waals surface area (Å²) in [5.74, 6) is 0.542. The molecule has 0 saturated carbocycles. The van der Waals surface area contributed by atoms with Crippen molar-refractivity contribution < 1.29 is 9.66 Å². The van der Waals surface area contributed by atoms with Crippen molar-refractivity contribution in [3.63, 3.8) is 0 Å². The summed E-state index contributed by atoms with van der Waals surface area (Å²) >= 11 is 1.02. The smallest absolute Gasteiger partial charge is 0.324 e. The van der Waals surface area contributed by atoms with Crippen LogP contribution in [0.3, 0.4) is 0 Å². The number of hydrogen-bond donors (Lipinski definition) is 1. The van der Waals surface area contributed by atoms with Gasteiger partial charge < -0.3 is 4.74 Å². The molecule has 9 nitrogen and oxygen atoms in total. The molecule has 28 heavy (non-hydrogen) atoms. The van der Waals surface area contributed by atoms with Gasteiger partial charge in [-0.2, -0.15) is 15.5 Å². The highest BCUT2D eigenvalue weighted by Crippen LogP contribution is 2.25. The number of thiophene rings is 1. The van der Waals surface area contributed by atoms with Crippen molar-refractivity contribution >= 4 is 28.4 Å². The molecule has 1 atom stereocenters. The third-order valence-electron chi connectivity index (χ3n) is 3.72. The van der Waals surface area contributed by atoms with E-state index >= 15 is 0 Å². The first kappa shape index (κ1) is 18.9. The van der Waals surface area contributed by atoms with E-state index in [4.69, 9.17) is 4.74 Å². The molecule has 0 spiro atoms. The Morgan fingerprint density at radius 3 is 2.61 bits per heavy atom. The van der Waals surface area contributed by atoms with Gasteiger partial charge in [-0.1, -0.05) is 23.5 Å². The minimum absolute atomic E-state index is 0.0478. The lowest BCUT2D eigenvalue weighted by Gasteiger charge is -2.09. The number of aromatic nitrogens is 2. The van der Waals surface area contributed by atoms with Gasteiger partial charge in [-0.05, 0) is 35.9 Å². The molecule has 1 aromatic carbocycles. The molecule has 0 aliphatic rings. The Bertz CT molecular complexity index is 1020. The summed E-state index contributed by atoms with van der Waals surface area (Å²) in [6, 6.07) is 15.8. The van der Waals surface area contributed by atoms with E-state index in [2.05, 4.69) is 26.8 Å². The number of methoxy groups -OCH3 is 1. The lowest BCUT2D eigenvalue weighted by Crippen LogP contribution is -2.04. The molecule has 0 aliphatic heterocycles. The molecule has 3 rings (SSSR count). The molecular formula is C18H14N6O3S. The van der Waals surface area contributed by atoms with Crippen LogP contribution in [0.5, 0.6) is 5.75 Å². The topological polar surface area (TPSA) is 126 Å². The first-order chi connectivity index (χ1) is 13.6. The fraction of sp³-hybridized carbons (Fsp3) is 0.111. The van der Waals surface area contributed by atoms with Crippen LogP contribution >= 0.6 is 11.3 Å². The fourth-order valence-electron chi connectivity index (χ4n) is 2.34. The second-order valence-electron chi connectivity index (χ2n) is 5.48. The summed E-state index contributed by atoms with van der Waals surface area (Å²) in [7, 11) is 1.58. The SMILES string of the molecule is COc1ccc(C(C#N)c2ccc(N/N=C/c3ccc([N+](=O)[O-])s3)nn2)cc1. The van der Waals surface area contributed by atoms with Crippen LogP contribution in [0.15, 0.2) is 53.6 Å². The molecular weight excluding hydrogens is 380 g/mol. The van der Waals surface area contributed by atoms with Gasteiger partial charge in [0.1, 0.15) is 11.7 Å². The predicted molar refractivity (Wildman–Crippen MR) is 105 cm³/mol. The highest BCUT2D eigenvalue weighted by molar-refractivity contribution is 7.16. The van der Waals surface area contributed by atoms with Crippen molar-refractivity contribution in [2.45, 2.75) is 5.92 Å². The van der Waals surface area contributed by atoms with E-state index < -0.39 is 10.8 Å². The van der Waals surface area contributed by atoms with Crippen molar-refractivity contribution in [3.05, 3.63) is 74.8 Å². The zero-order chi connectivity index (χ0) is 19.9. The monoisotopic (exact) mass is 394 g/mol. The largest absolute Gasteiger partial charge is 0.497 e. The Kier molecular flexibility index (Phi) is 5.88. The summed E-state index contributed by atoms with van der Waals surface area (Å²) in [6.07, 6.45) is 1.46. The Morgan fingerprint density at radius 2 is 2.04 bits per heavy atom. The van der Waals surface area contributed by atoms with E-state index in [1.165, 1.54) is 12.3 Å². The van der Waals surface area contributed by atoms with Gasteiger partial charge in [0.05, 0.1) is 34.9 Å².